The molecule has 0 spiro atoms. The highest BCUT2D eigenvalue weighted by molar-refractivity contribution is 7.71. The molecule has 4 heteroatoms. The highest BCUT2D eigenvalue weighted by atomic mass is 32.1. The predicted molar refractivity (Wildman–Crippen MR) is 131 cm³/mol. The Kier molecular flexibility index (Phi) is 12.4. The standard InChI is InChI=1S/C26H40N2OS/c1-2-3-4-5-6-7-8-9-10-11-12-16-19-23-24(27-26(30)28-25(23)29)21-20-22-17-14-13-15-18-22/h13-15,17-18H,2-12,16,19-21H2,1H3,(H2,27,28,29,30). The van der Waals surface area contributed by atoms with Gasteiger partial charge in [-0.1, -0.05) is 108 Å². The summed E-state index contributed by atoms with van der Waals surface area (Å²) in [6.45, 7) is 2.27. The van der Waals surface area contributed by atoms with E-state index in [1.54, 1.807) is 0 Å². The molecule has 1 aromatic carbocycles. The van der Waals surface area contributed by atoms with Gasteiger partial charge in [0.05, 0.1) is 0 Å². The fraction of sp³-hybridized carbons (Fsp3) is 0.615. The molecule has 0 saturated heterocycles. The molecule has 1 heterocycles. The van der Waals surface area contributed by atoms with Gasteiger partial charge in [-0.2, -0.15) is 0 Å². The summed E-state index contributed by atoms with van der Waals surface area (Å²) in [5.41, 5.74) is 3.18. The Balaban J connectivity index is 1.67. The zero-order valence-electron chi connectivity index (χ0n) is 18.8. The summed E-state index contributed by atoms with van der Waals surface area (Å²) in [5.74, 6) is 0. The van der Waals surface area contributed by atoms with E-state index < -0.39 is 0 Å². The Morgan fingerprint density at radius 3 is 1.87 bits per heavy atom. The van der Waals surface area contributed by atoms with Crippen molar-refractivity contribution in [2.45, 2.75) is 103 Å². The molecule has 0 radical (unpaired) electrons. The number of hydrogen-bond donors (Lipinski definition) is 2. The van der Waals surface area contributed by atoms with Crippen LogP contribution in [0.3, 0.4) is 0 Å². The highest BCUT2D eigenvalue weighted by Crippen LogP contribution is 2.14. The van der Waals surface area contributed by atoms with Crippen LogP contribution in [0.2, 0.25) is 0 Å². The Labute approximate surface area is 187 Å². The SMILES string of the molecule is CCCCCCCCCCCCCCc1c(CCc2ccccc2)[nH]c(=S)[nH]c1=O. The second-order valence-corrected chi connectivity index (χ2v) is 8.90. The highest BCUT2D eigenvalue weighted by Gasteiger charge is 2.09. The van der Waals surface area contributed by atoms with Gasteiger partial charge < -0.3 is 4.98 Å². The molecule has 0 amide bonds. The van der Waals surface area contributed by atoms with E-state index in [0.717, 1.165) is 36.9 Å². The molecule has 30 heavy (non-hydrogen) atoms. The van der Waals surface area contributed by atoms with E-state index in [1.165, 1.54) is 76.2 Å². The molecule has 1 aromatic heterocycles. The summed E-state index contributed by atoms with van der Waals surface area (Å²) in [6, 6.07) is 10.4. The molecule has 2 rings (SSSR count). The summed E-state index contributed by atoms with van der Waals surface area (Å²) in [7, 11) is 0. The Bertz CT molecular complexity index is 810. The monoisotopic (exact) mass is 428 g/mol. The van der Waals surface area contributed by atoms with E-state index in [-0.39, 0.29) is 5.56 Å². The number of benzene rings is 1. The van der Waals surface area contributed by atoms with Crippen molar-refractivity contribution in [2.75, 3.05) is 0 Å². The lowest BCUT2D eigenvalue weighted by Crippen LogP contribution is -2.18. The molecule has 0 fully saturated rings. The van der Waals surface area contributed by atoms with E-state index in [9.17, 15) is 4.79 Å². The molecule has 0 aliphatic rings. The van der Waals surface area contributed by atoms with E-state index in [4.69, 9.17) is 12.2 Å². The molecule has 0 bridgehead atoms. The van der Waals surface area contributed by atoms with E-state index in [1.807, 2.05) is 6.07 Å². The van der Waals surface area contributed by atoms with Gasteiger partial charge >= 0.3 is 0 Å². The number of aromatic nitrogens is 2. The lowest BCUT2D eigenvalue weighted by molar-refractivity contribution is 0.543. The van der Waals surface area contributed by atoms with Gasteiger partial charge in [0.15, 0.2) is 4.77 Å². The third-order valence-corrected chi connectivity index (χ3v) is 6.12. The van der Waals surface area contributed by atoms with Crippen molar-refractivity contribution in [3.05, 3.63) is 62.3 Å². The molecular weight excluding hydrogens is 388 g/mol. The van der Waals surface area contributed by atoms with Crippen LogP contribution in [0.25, 0.3) is 0 Å². The van der Waals surface area contributed by atoms with Gasteiger partial charge in [-0.25, -0.2) is 0 Å². The number of aromatic amines is 2. The fourth-order valence-electron chi connectivity index (χ4n) is 4.09. The molecule has 0 unspecified atom stereocenters. The minimum Gasteiger partial charge on any atom is -0.336 e. The van der Waals surface area contributed by atoms with Gasteiger partial charge in [-0.3, -0.25) is 9.78 Å². The van der Waals surface area contributed by atoms with E-state index in [0.29, 0.717) is 4.77 Å². The van der Waals surface area contributed by atoms with Gasteiger partial charge in [-0.05, 0) is 43.5 Å². The van der Waals surface area contributed by atoms with Crippen molar-refractivity contribution in [2.24, 2.45) is 0 Å². The topological polar surface area (TPSA) is 48.6 Å². The lowest BCUT2D eigenvalue weighted by Gasteiger charge is -2.09. The first-order valence-corrected chi connectivity index (χ1v) is 12.5. The van der Waals surface area contributed by atoms with Crippen LogP contribution < -0.4 is 5.56 Å². The summed E-state index contributed by atoms with van der Waals surface area (Å²) in [6.07, 6.45) is 18.5. The quantitative estimate of drug-likeness (QED) is 0.215. The van der Waals surface area contributed by atoms with Crippen LogP contribution in [-0.2, 0) is 19.3 Å². The number of aryl methyl sites for hydroxylation is 2. The van der Waals surface area contributed by atoms with Crippen molar-refractivity contribution >= 4 is 12.2 Å². The van der Waals surface area contributed by atoms with Crippen molar-refractivity contribution in [1.82, 2.24) is 9.97 Å². The van der Waals surface area contributed by atoms with E-state index >= 15 is 0 Å². The molecule has 3 nitrogen and oxygen atoms in total. The summed E-state index contributed by atoms with van der Waals surface area (Å²) in [4.78, 5) is 18.5. The molecular formula is C26H40N2OS. The average Bonchev–Trinajstić information content (AvgIpc) is 2.75. The van der Waals surface area contributed by atoms with Crippen LogP contribution in [0.5, 0.6) is 0 Å². The van der Waals surface area contributed by atoms with Crippen molar-refractivity contribution in [3.63, 3.8) is 0 Å². The molecule has 2 aromatic rings. The van der Waals surface area contributed by atoms with Crippen molar-refractivity contribution in [1.29, 1.82) is 0 Å². The second kappa shape index (κ2) is 15.2. The van der Waals surface area contributed by atoms with Crippen LogP contribution in [0.4, 0.5) is 0 Å². The lowest BCUT2D eigenvalue weighted by atomic mass is 10.0. The Morgan fingerprint density at radius 2 is 1.27 bits per heavy atom. The number of H-pyrrole nitrogens is 2. The van der Waals surface area contributed by atoms with Gasteiger partial charge in [-0.15, -0.1) is 0 Å². The summed E-state index contributed by atoms with van der Waals surface area (Å²) in [5, 5.41) is 0. The van der Waals surface area contributed by atoms with Gasteiger partial charge in [0.1, 0.15) is 0 Å². The first-order chi connectivity index (χ1) is 14.7. The minimum absolute atomic E-state index is 0.00937. The molecule has 0 atom stereocenters. The second-order valence-electron chi connectivity index (χ2n) is 8.49. The maximum Gasteiger partial charge on any atom is 0.255 e. The maximum absolute atomic E-state index is 12.5. The van der Waals surface area contributed by atoms with Crippen molar-refractivity contribution < 1.29 is 0 Å². The zero-order chi connectivity index (χ0) is 21.4. The number of nitrogens with one attached hydrogen (secondary N) is 2. The third kappa shape index (κ3) is 9.88. The fourth-order valence-corrected chi connectivity index (χ4v) is 4.31. The number of rotatable bonds is 16. The van der Waals surface area contributed by atoms with Gasteiger partial charge in [0.25, 0.3) is 5.56 Å². The van der Waals surface area contributed by atoms with Crippen LogP contribution >= 0.6 is 12.2 Å². The largest absolute Gasteiger partial charge is 0.336 e. The first kappa shape index (κ1) is 24.6. The Morgan fingerprint density at radius 1 is 0.700 bits per heavy atom. The maximum atomic E-state index is 12.5. The Hall–Kier alpha value is -1.68. The third-order valence-electron chi connectivity index (χ3n) is 5.92. The average molecular weight is 429 g/mol. The minimum atomic E-state index is -0.00937. The molecule has 0 aliphatic carbocycles. The van der Waals surface area contributed by atoms with Gasteiger partial charge in [0.2, 0.25) is 0 Å². The zero-order valence-corrected chi connectivity index (χ0v) is 19.6. The number of hydrogen-bond acceptors (Lipinski definition) is 2. The molecule has 2 N–H and O–H groups in total. The van der Waals surface area contributed by atoms with Crippen LogP contribution in [0.15, 0.2) is 35.1 Å². The van der Waals surface area contributed by atoms with Crippen LogP contribution in [-0.4, -0.2) is 9.97 Å². The smallest absolute Gasteiger partial charge is 0.255 e. The molecule has 0 aliphatic heterocycles. The van der Waals surface area contributed by atoms with E-state index in [2.05, 4.69) is 41.2 Å². The number of unbranched alkanes of at least 4 members (excludes halogenated alkanes) is 11. The normalized spacial score (nSPS) is 11.1. The summed E-state index contributed by atoms with van der Waals surface area (Å²) >= 11 is 5.20. The molecule has 0 saturated carbocycles. The van der Waals surface area contributed by atoms with Crippen LogP contribution in [0.1, 0.15) is 101 Å². The molecule has 166 valence electrons. The van der Waals surface area contributed by atoms with Gasteiger partial charge in [0, 0.05) is 11.3 Å². The predicted octanol–water partition coefficient (Wildman–Crippen LogP) is 7.46. The first-order valence-electron chi connectivity index (χ1n) is 12.1. The van der Waals surface area contributed by atoms with Crippen LogP contribution in [0, 0.1) is 4.77 Å². The van der Waals surface area contributed by atoms with Crippen molar-refractivity contribution in [3.8, 4) is 0 Å². The summed E-state index contributed by atoms with van der Waals surface area (Å²) < 4.78 is 0.432.